The van der Waals surface area contributed by atoms with E-state index in [1.54, 1.807) is 12.1 Å². The minimum absolute atomic E-state index is 0.194. The van der Waals surface area contributed by atoms with Crippen LogP contribution in [0.5, 0.6) is 5.75 Å². The lowest BCUT2D eigenvalue weighted by Gasteiger charge is -2.12. The number of rotatable bonds is 5. The van der Waals surface area contributed by atoms with Crippen molar-refractivity contribution in [1.29, 1.82) is 0 Å². The zero-order valence-corrected chi connectivity index (χ0v) is 14.0. The molecule has 0 amide bonds. The van der Waals surface area contributed by atoms with Crippen molar-refractivity contribution >= 4 is 22.6 Å². The maximum Gasteiger partial charge on any atom is 0.254 e. The van der Waals surface area contributed by atoms with E-state index in [1.165, 1.54) is 0 Å². The number of para-hydroxylation sites is 3. The van der Waals surface area contributed by atoms with Gasteiger partial charge in [-0.25, -0.2) is 9.13 Å². The Morgan fingerprint density at radius 3 is 2.65 bits per heavy atom. The summed E-state index contributed by atoms with van der Waals surface area (Å²) in [5, 5.41) is 10.9. The molecule has 3 rings (SSSR count). The molecule has 0 spiro atoms. The molecule has 1 heterocycles. The maximum atomic E-state index is 10.3. The third-order valence-electron chi connectivity index (χ3n) is 4.07. The molecule has 0 radical (unpaired) electrons. The van der Waals surface area contributed by atoms with Crippen LogP contribution in [-0.2, 0) is 13.6 Å². The number of ether oxygens (including phenoxy) is 1. The largest absolute Gasteiger partial charge is 0.489 e. The normalized spacial score (nSPS) is 12.5. The van der Waals surface area contributed by atoms with E-state index in [0.717, 1.165) is 16.9 Å². The highest BCUT2D eigenvalue weighted by Gasteiger charge is 2.21. The summed E-state index contributed by atoms with van der Waals surface area (Å²) in [6.07, 6.45) is -0.624. The van der Waals surface area contributed by atoms with Crippen LogP contribution in [0.1, 0.15) is 5.82 Å². The molecule has 1 atom stereocenters. The second-order valence-electron chi connectivity index (χ2n) is 5.60. The van der Waals surface area contributed by atoms with Gasteiger partial charge in [-0.15, -0.1) is 0 Å². The van der Waals surface area contributed by atoms with Crippen LogP contribution in [-0.4, -0.2) is 22.4 Å². The van der Waals surface area contributed by atoms with Crippen molar-refractivity contribution in [3.05, 3.63) is 59.4 Å². The molecule has 0 unspecified atom stereocenters. The Kier molecular flexibility index (Phi) is 4.55. The Morgan fingerprint density at radius 2 is 1.87 bits per heavy atom. The fourth-order valence-electron chi connectivity index (χ4n) is 2.75. The van der Waals surface area contributed by atoms with Gasteiger partial charge in [-0.05, 0) is 24.3 Å². The topological polar surface area (TPSA) is 38.3 Å². The van der Waals surface area contributed by atoms with Gasteiger partial charge in [0, 0.05) is 6.92 Å². The van der Waals surface area contributed by atoms with Crippen LogP contribution >= 0.6 is 11.6 Å². The van der Waals surface area contributed by atoms with E-state index in [-0.39, 0.29) is 6.61 Å². The number of imidazole rings is 1. The number of aromatic nitrogens is 2. The number of aryl methyl sites for hydroxylation is 1. The first-order chi connectivity index (χ1) is 11.1. The first-order valence-electron chi connectivity index (χ1n) is 7.57. The lowest BCUT2D eigenvalue weighted by atomic mass is 10.3. The third-order valence-corrected chi connectivity index (χ3v) is 4.38. The molecule has 0 aliphatic rings. The van der Waals surface area contributed by atoms with Crippen molar-refractivity contribution in [2.45, 2.75) is 19.6 Å². The Hall–Kier alpha value is -2.04. The van der Waals surface area contributed by atoms with Crippen LogP contribution in [0.15, 0.2) is 48.5 Å². The molecule has 0 saturated heterocycles. The van der Waals surface area contributed by atoms with Gasteiger partial charge in [0.2, 0.25) is 0 Å². The minimum Gasteiger partial charge on any atom is -0.489 e. The van der Waals surface area contributed by atoms with E-state index in [1.807, 2.05) is 38.2 Å². The van der Waals surface area contributed by atoms with Crippen molar-refractivity contribution in [1.82, 2.24) is 4.57 Å². The summed E-state index contributed by atoms with van der Waals surface area (Å²) < 4.78 is 9.86. The van der Waals surface area contributed by atoms with E-state index in [4.69, 9.17) is 16.3 Å². The van der Waals surface area contributed by atoms with Crippen molar-refractivity contribution in [2.75, 3.05) is 6.61 Å². The molecule has 120 valence electrons. The number of hydrogen-bond acceptors (Lipinski definition) is 2. The van der Waals surface area contributed by atoms with Gasteiger partial charge in [-0.1, -0.05) is 35.9 Å². The van der Waals surface area contributed by atoms with Gasteiger partial charge in [0.1, 0.15) is 25.0 Å². The lowest BCUT2D eigenvalue weighted by molar-refractivity contribution is -0.652. The summed E-state index contributed by atoms with van der Waals surface area (Å²) in [5.41, 5.74) is 2.24. The zero-order valence-electron chi connectivity index (χ0n) is 13.2. The van der Waals surface area contributed by atoms with Gasteiger partial charge in [0.05, 0.1) is 12.1 Å². The predicted molar refractivity (Wildman–Crippen MR) is 90.8 cm³/mol. The number of hydrogen-bond donors (Lipinski definition) is 1. The average Bonchev–Trinajstić information content (AvgIpc) is 2.80. The quantitative estimate of drug-likeness (QED) is 0.730. The predicted octanol–water partition coefficient (Wildman–Crippen LogP) is 2.87. The monoisotopic (exact) mass is 331 g/mol. The van der Waals surface area contributed by atoms with Crippen molar-refractivity contribution in [2.24, 2.45) is 7.05 Å². The summed E-state index contributed by atoms with van der Waals surface area (Å²) in [4.78, 5) is 0. The molecule has 2 aromatic carbocycles. The minimum atomic E-state index is -0.624. The van der Waals surface area contributed by atoms with Gasteiger partial charge in [0.25, 0.3) is 5.82 Å². The van der Waals surface area contributed by atoms with Crippen molar-refractivity contribution < 1.29 is 14.4 Å². The fraction of sp³-hybridized carbons (Fsp3) is 0.278. The Labute approximate surface area is 140 Å². The first kappa shape index (κ1) is 15.8. The smallest absolute Gasteiger partial charge is 0.254 e. The van der Waals surface area contributed by atoms with E-state index in [0.29, 0.717) is 17.3 Å². The van der Waals surface area contributed by atoms with Gasteiger partial charge < -0.3 is 9.84 Å². The summed E-state index contributed by atoms with van der Waals surface area (Å²) in [5.74, 6) is 1.68. The molecule has 5 heteroatoms. The summed E-state index contributed by atoms with van der Waals surface area (Å²) >= 11 is 6.06. The summed E-state index contributed by atoms with van der Waals surface area (Å²) in [7, 11) is 2.03. The SMILES string of the molecule is Cc1n(C[C@H](O)COc2ccccc2Cl)c2ccccc2[n+]1C. The van der Waals surface area contributed by atoms with Gasteiger partial charge in [-0.3, -0.25) is 0 Å². The Balaban J connectivity index is 1.75. The maximum absolute atomic E-state index is 10.3. The molecule has 4 nitrogen and oxygen atoms in total. The Bertz CT molecular complexity index is 829. The van der Waals surface area contributed by atoms with Gasteiger partial charge in [0.15, 0.2) is 11.0 Å². The van der Waals surface area contributed by atoms with E-state index in [9.17, 15) is 5.11 Å². The average molecular weight is 332 g/mol. The van der Waals surface area contributed by atoms with E-state index >= 15 is 0 Å². The van der Waals surface area contributed by atoms with E-state index < -0.39 is 6.10 Å². The van der Waals surface area contributed by atoms with Gasteiger partial charge in [-0.2, -0.15) is 0 Å². The van der Waals surface area contributed by atoms with Crippen molar-refractivity contribution in [3.8, 4) is 5.75 Å². The van der Waals surface area contributed by atoms with Crippen LogP contribution in [0.3, 0.4) is 0 Å². The van der Waals surface area contributed by atoms with Crippen LogP contribution in [0, 0.1) is 6.92 Å². The molecule has 0 bridgehead atoms. The molecule has 0 saturated carbocycles. The van der Waals surface area contributed by atoms with Crippen LogP contribution in [0.2, 0.25) is 5.02 Å². The molecule has 0 fully saturated rings. The number of nitrogens with zero attached hydrogens (tertiary/aromatic N) is 2. The highest BCUT2D eigenvalue weighted by Crippen LogP contribution is 2.23. The number of benzene rings is 2. The highest BCUT2D eigenvalue weighted by molar-refractivity contribution is 6.32. The number of fused-ring (bicyclic) bond motifs is 1. The lowest BCUT2D eigenvalue weighted by Crippen LogP contribution is -2.32. The molecule has 0 aliphatic heterocycles. The summed E-state index contributed by atoms with van der Waals surface area (Å²) in [6.45, 7) is 2.71. The molecule has 1 N–H and O–H groups in total. The third kappa shape index (κ3) is 3.19. The number of aliphatic hydroxyl groups excluding tert-OH is 1. The standard InChI is InChI=1S/C18H20ClN2O2/c1-13-20(2)16-8-4-5-9-17(16)21(13)11-14(22)12-23-18-10-6-3-7-15(18)19/h3-10,14,22H,11-12H2,1-2H3/q+1/t14-/m0/s1. The molecular formula is C18H20ClN2O2+. The van der Waals surface area contributed by atoms with Crippen LogP contribution in [0.25, 0.3) is 11.0 Å². The molecule has 0 aliphatic carbocycles. The molecule has 1 aromatic heterocycles. The second-order valence-corrected chi connectivity index (χ2v) is 6.01. The fourth-order valence-corrected chi connectivity index (χ4v) is 2.94. The molecule has 23 heavy (non-hydrogen) atoms. The first-order valence-corrected chi connectivity index (χ1v) is 7.95. The highest BCUT2D eigenvalue weighted by atomic mass is 35.5. The summed E-state index contributed by atoms with van der Waals surface area (Å²) in [6, 6.07) is 15.4. The molecule has 3 aromatic rings. The molecular weight excluding hydrogens is 312 g/mol. The van der Waals surface area contributed by atoms with Crippen molar-refractivity contribution in [3.63, 3.8) is 0 Å². The number of aliphatic hydroxyl groups is 1. The van der Waals surface area contributed by atoms with Crippen LogP contribution in [0.4, 0.5) is 0 Å². The number of halogens is 1. The van der Waals surface area contributed by atoms with E-state index in [2.05, 4.69) is 21.3 Å². The Morgan fingerprint density at radius 1 is 1.17 bits per heavy atom. The zero-order chi connectivity index (χ0) is 16.4. The van der Waals surface area contributed by atoms with Crippen LogP contribution < -0.4 is 9.30 Å². The van der Waals surface area contributed by atoms with Gasteiger partial charge >= 0.3 is 0 Å². The second kappa shape index (κ2) is 6.60.